The van der Waals surface area contributed by atoms with Gasteiger partial charge >= 0.3 is 0 Å². The third-order valence-corrected chi connectivity index (χ3v) is 3.49. The van der Waals surface area contributed by atoms with Gasteiger partial charge in [-0.25, -0.2) is 0 Å². The molecule has 1 atom stereocenters. The highest BCUT2D eigenvalue weighted by Gasteiger charge is 2.27. The van der Waals surface area contributed by atoms with Gasteiger partial charge in [-0.15, -0.1) is 0 Å². The van der Waals surface area contributed by atoms with Crippen LogP contribution in [0, 0.1) is 5.41 Å². The molecule has 0 radical (unpaired) electrons. The molecule has 0 aromatic carbocycles. The maximum Gasteiger partial charge on any atom is 0.0196 e. The third kappa shape index (κ3) is 2.08. The van der Waals surface area contributed by atoms with E-state index < -0.39 is 0 Å². The number of rotatable bonds is 2. The van der Waals surface area contributed by atoms with Gasteiger partial charge < -0.3 is 0 Å². The van der Waals surface area contributed by atoms with Crippen LogP contribution in [0.15, 0.2) is 35.5 Å². The van der Waals surface area contributed by atoms with E-state index in [0.717, 1.165) is 5.75 Å². The molecule has 0 spiro atoms. The minimum absolute atomic E-state index is 0.169. The molecule has 0 bridgehead atoms. The second kappa shape index (κ2) is 3.75. The smallest absolute Gasteiger partial charge is 0.0196 e. The van der Waals surface area contributed by atoms with Crippen molar-refractivity contribution >= 4 is 11.8 Å². The fourth-order valence-corrected chi connectivity index (χ4v) is 2.80. The molecule has 0 saturated heterocycles. The van der Waals surface area contributed by atoms with Crippen molar-refractivity contribution < 1.29 is 0 Å². The quantitative estimate of drug-likeness (QED) is 0.644. The van der Waals surface area contributed by atoms with Crippen molar-refractivity contribution in [3.63, 3.8) is 0 Å². The summed E-state index contributed by atoms with van der Waals surface area (Å²) in [4.78, 5) is 0. The topological polar surface area (TPSA) is 0 Å². The fraction of sp³-hybridized carbons (Fsp3) is 0.500. The highest BCUT2D eigenvalue weighted by Crippen LogP contribution is 2.39. The lowest BCUT2D eigenvalue weighted by molar-refractivity contribution is 0.592. The molecule has 72 valence electrons. The molecule has 1 aliphatic rings. The molecule has 1 heteroatoms. The van der Waals surface area contributed by atoms with Crippen molar-refractivity contribution in [3.05, 3.63) is 35.5 Å². The molecule has 0 aliphatic heterocycles. The lowest BCUT2D eigenvalue weighted by atomic mass is 9.76. The number of hydrogen-bond acceptors (Lipinski definition) is 1. The normalized spacial score (nSPS) is 28.5. The van der Waals surface area contributed by atoms with Crippen LogP contribution in [0.25, 0.3) is 0 Å². The highest BCUT2D eigenvalue weighted by atomic mass is 32.2. The second-order valence-electron chi connectivity index (χ2n) is 4.04. The number of allylic oxidation sites excluding steroid dienone is 5. The van der Waals surface area contributed by atoms with Gasteiger partial charge in [0, 0.05) is 11.2 Å². The Morgan fingerprint density at radius 1 is 1.46 bits per heavy atom. The van der Waals surface area contributed by atoms with Gasteiger partial charge in [0.2, 0.25) is 0 Å². The van der Waals surface area contributed by atoms with E-state index in [4.69, 9.17) is 0 Å². The summed E-state index contributed by atoms with van der Waals surface area (Å²) >= 11 is 1.88. The molecule has 1 rings (SSSR count). The van der Waals surface area contributed by atoms with Crippen molar-refractivity contribution in [2.24, 2.45) is 5.41 Å². The van der Waals surface area contributed by atoms with Gasteiger partial charge in [0.05, 0.1) is 0 Å². The average molecular weight is 194 g/mol. The van der Waals surface area contributed by atoms with Gasteiger partial charge in [-0.05, 0) is 31.2 Å². The minimum Gasteiger partial charge on any atom is -0.164 e. The first kappa shape index (κ1) is 10.6. The molecule has 0 aromatic rings. The van der Waals surface area contributed by atoms with Crippen LogP contribution in [0.4, 0.5) is 0 Å². The van der Waals surface area contributed by atoms with Crippen molar-refractivity contribution in [1.82, 2.24) is 0 Å². The van der Waals surface area contributed by atoms with Crippen molar-refractivity contribution in [2.45, 2.75) is 20.8 Å². The number of thioether (sulfide) groups is 1. The van der Waals surface area contributed by atoms with Crippen LogP contribution in [-0.4, -0.2) is 12.0 Å². The summed E-state index contributed by atoms with van der Waals surface area (Å²) in [6.07, 6.45) is 6.69. The molecular weight excluding hydrogens is 176 g/mol. The minimum atomic E-state index is 0.169. The highest BCUT2D eigenvalue weighted by molar-refractivity contribution is 7.98. The fourth-order valence-electron chi connectivity index (χ4n) is 1.94. The van der Waals surface area contributed by atoms with Crippen LogP contribution >= 0.6 is 11.8 Å². The molecule has 0 fully saturated rings. The Bertz CT molecular complexity index is 283. The summed E-state index contributed by atoms with van der Waals surface area (Å²) in [6.45, 7) is 10.8. The summed E-state index contributed by atoms with van der Waals surface area (Å²) in [6, 6.07) is 0. The zero-order valence-corrected chi connectivity index (χ0v) is 9.79. The molecule has 0 aromatic heterocycles. The lowest BCUT2D eigenvalue weighted by Gasteiger charge is -2.32. The van der Waals surface area contributed by atoms with Crippen LogP contribution in [0.1, 0.15) is 20.8 Å². The van der Waals surface area contributed by atoms with Crippen molar-refractivity contribution in [2.75, 3.05) is 12.0 Å². The molecule has 13 heavy (non-hydrogen) atoms. The van der Waals surface area contributed by atoms with Crippen LogP contribution in [0.2, 0.25) is 0 Å². The molecule has 1 aliphatic carbocycles. The Hall–Kier alpha value is -0.430. The zero-order chi connectivity index (χ0) is 10.1. The Balaban J connectivity index is 3.01. The van der Waals surface area contributed by atoms with Crippen LogP contribution in [0.3, 0.4) is 0 Å². The van der Waals surface area contributed by atoms with Crippen molar-refractivity contribution in [1.29, 1.82) is 0 Å². The van der Waals surface area contributed by atoms with E-state index in [9.17, 15) is 0 Å². The predicted octanol–water partition coefficient (Wildman–Crippen LogP) is 3.82. The molecule has 0 heterocycles. The summed E-state index contributed by atoms with van der Waals surface area (Å²) in [7, 11) is 0. The SMILES string of the molecule is C=C1C(C)=CC(C)=C[C@]1(C)CSC. The van der Waals surface area contributed by atoms with E-state index in [1.165, 1.54) is 16.7 Å². The van der Waals surface area contributed by atoms with Gasteiger partial charge in [-0.2, -0.15) is 11.8 Å². The maximum absolute atomic E-state index is 4.18. The second-order valence-corrected chi connectivity index (χ2v) is 4.91. The largest absolute Gasteiger partial charge is 0.164 e. The summed E-state index contributed by atoms with van der Waals surface area (Å²) < 4.78 is 0. The molecule has 0 unspecified atom stereocenters. The predicted molar refractivity (Wildman–Crippen MR) is 63.1 cm³/mol. The monoisotopic (exact) mass is 194 g/mol. The molecule has 0 nitrogen and oxygen atoms in total. The van der Waals surface area contributed by atoms with Gasteiger partial charge in [-0.3, -0.25) is 0 Å². The first-order valence-electron chi connectivity index (χ1n) is 4.56. The summed E-state index contributed by atoms with van der Waals surface area (Å²) in [5.41, 5.74) is 4.13. The van der Waals surface area contributed by atoms with E-state index in [1.54, 1.807) is 0 Å². The standard InChI is InChI=1S/C12H18S/c1-9-6-10(2)11(3)12(4,7-9)8-13-5/h6-7H,3,8H2,1-2,4-5H3/t12-/m1/s1. The third-order valence-electron chi connectivity index (χ3n) is 2.60. The van der Waals surface area contributed by atoms with Gasteiger partial charge in [-0.1, -0.05) is 31.2 Å². The Labute approximate surface area is 85.8 Å². The Morgan fingerprint density at radius 2 is 2.08 bits per heavy atom. The Kier molecular flexibility index (Phi) is 3.07. The summed E-state index contributed by atoms with van der Waals surface area (Å²) in [5, 5.41) is 0. The van der Waals surface area contributed by atoms with Crippen LogP contribution in [0.5, 0.6) is 0 Å². The average Bonchev–Trinajstić information content (AvgIpc) is 2.00. The lowest BCUT2D eigenvalue weighted by Crippen LogP contribution is -2.22. The molecule has 0 amide bonds. The van der Waals surface area contributed by atoms with Crippen LogP contribution < -0.4 is 0 Å². The maximum atomic E-state index is 4.18. The molecular formula is C12H18S. The van der Waals surface area contributed by atoms with Gasteiger partial charge in [0.1, 0.15) is 0 Å². The van der Waals surface area contributed by atoms with E-state index in [0.29, 0.717) is 0 Å². The van der Waals surface area contributed by atoms with Crippen LogP contribution in [-0.2, 0) is 0 Å². The van der Waals surface area contributed by atoms with Crippen molar-refractivity contribution in [3.8, 4) is 0 Å². The molecule has 0 saturated carbocycles. The number of hydrogen-bond donors (Lipinski definition) is 0. The first-order valence-corrected chi connectivity index (χ1v) is 5.95. The van der Waals surface area contributed by atoms with Gasteiger partial charge in [0.25, 0.3) is 0 Å². The van der Waals surface area contributed by atoms with E-state index in [1.807, 2.05) is 11.8 Å². The van der Waals surface area contributed by atoms with Gasteiger partial charge in [0.15, 0.2) is 0 Å². The van der Waals surface area contributed by atoms with E-state index in [2.05, 4.69) is 45.8 Å². The summed E-state index contributed by atoms with van der Waals surface area (Å²) in [5.74, 6) is 1.12. The first-order chi connectivity index (χ1) is 5.99. The molecule has 0 N–H and O–H groups in total. The van der Waals surface area contributed by atoms with E-state index >= 15 is 0 Å². The Morgan fingerprint density at radius 3 is 2.62 bits per heavy atom. The van der Waals surface area contributed by atoms with E-state index in [-0.39, 0.29) is 5.41 Å². The zero-order valence-electron chi connectivity index (χ0n) is 8.98.